The molecule has 2 fully saturated rings. The predicted molar refractivity (Wildman–Crippen MR) is 134 cm³/mol. The van der Waals surface area contributed by atoms with Crippen molar-refractivity contribution in [1.29, 1.82) is 0 Å². The van der Waals surface area contributed by atoms with Crippen LogP contribution in [0.1, 0.15) is 49.8 Å². The highest BCUT2D eigenvalue weighted by atomic mass is 19.4. The lowest BCUT2D eigenvalue weighted by atomic mass is 9.74. The molecule has 2 atom stereocenters. The van der Waals surface area contributed by atoms with Gasteiger partial charge in [0.25, 0.3) is 0 Å². The van der Waals surface area contributed by atoms with Crippen molar-refractivity contribution < 1.29 is 18.0 Å². The zero-order chi connectivity index (χ0) is 25.5. The number of carbonyl (C=O) groups is 1. The monoisotopic (exact) mass is 500 g/mol. The molecular formula is C28H35F3N4O. The van der Waals surface area contributed by atoms with Crippen molar-refractivity contribution in [3.8, 4) is 0 Å². The van der Waals surface area contributed by atoms with E-state index in [1.54, 1.807) is 0 Å². The first-order valence-corrected chi connectivity index (χ1v) is 13.1. The molecule has 0 unspecified atom stereocenters. The Bertz CT molecular complexity index is 1070. The topological polar surface area (TPSA) is 48.5 Å². The standard InChI is InChI=1S/C28H35F3N4O/c1-19(2)27(9-7-23(18-27)33-24-15-20-5-3-4-6-21(20)16-24)26(36)35-13-11-34(12-14-35)25-17-22(8-10-32-25)28(29,30)31/h3-6,8,10,17,19,23-24,33H,7,9,11-16,18H2,1-2H3/t23-,27+/m1/s1. The summed E-state index contributed by atoms with van der Waals surface area (Å²) >= 11 is 0. The summed E-state index contributed by atoms with van der Waals surface area (Å²) in [7, 11) is 0. The Morgan fingerprint density at radius 2 is 1.72 bits per heavy atom. The highest BCUT2D eigenvalue weighted by Gasteiger charge is 2.50. The summed E-state index contributed by atoms with van der Waals surface area (Å²) in [6, 6.07) is 11.5. The van der Waals surface area contributed by atoms with Crippen LogP contribution in [0.3, 0.4) is 0 Å². The van der Waals surface area contributed by atoms with E-state index >= 15 is 0 Å². The fourth-order valence-electron chi connectivity index (χ4n) is 6.41. The second-order valence-electron chi connectivity index (χ2n) is 11.0. The van der Waals surface area contributed by atoms with Gasteiger partial charge in [-0.2, -0.15) is 13.2 Å². The fraction of sp³-hybridized carbons (Fsp3) is 0.571. The average molecular weight is 501 g/mol. The number of aromatic nitrogens is 1. The lowest BCUT2D eigenvalue weighted by Crippen LogP contribution is -2.54. The van der Waals surface area contributed by atoms with Crippen LogP contribution >= 0.6 is 0 Å². The second kappa shape index (κ2) is 9.69. The number of nitrogens with one attached hydrogen (secondary N) is 1. The molecule has 2 aromatic rings. The zero-order valence-electron chi connectivity index (χ0n) is 21.0. The minimum absolute atomic E-state index is 0.202. The van der Waals surface area contributed by atoms with E-state index in [1.807, 2.05) is 9.80 Å². The number of carbonyl (C=O) groups excluding carboxylic acids is 1. The number of hydrogen-bond acceptors (Lipinski definition) is 4. The van der Waals surface area contributed by atoms with Crippen molar-refractivity contribution in [3.05, 3.63) is 59.3 Å². The van der Waals surface area contributed by atoms with Gasteiger partial charge < -0.3 is 15.1 Å². The van der Waals surface area contributed by atoms with Crippen molar-refractivity contribution in [2.45, 2.75) is 64.2 Å². The van der Waals surface area contributed by atoms with Crippen LogP contribution in [0.5, 0.6) is 0 Å². The van der Waals surface area contributed by atoms with E-state index in [0.717, 1.165) is 44.2 Å². The Labute approximate surface area is 211 Å². The second-order valence-corrected chi connectivity index (χ2v) is 11.0. The number of piperazine rings is 1. The molecule has 8 heteroatoms. The summed E-state index contributed by atoms with van der Waals surface area (Å²) in [4.78, 5) is 21.8. The molecule has 1 N–H and O–H groups in total. The van der Waals surface area contributed by atoms with Crippen LogP contribution in [0.4, 0.5) is 19.0 Å². The summed E-state index contributed by atoms with van der Waals surface area (Å²) in [5.41, 5.74) is 1.76. The van der Waals surface area contributed by atoms with Crippen molar-refractivity contribution in [3.63, 3.8) is 0 Å². The molecule has 3 aliphatic rings. The van der Waals surface area contributed by atoms with E-state index in [2.05, 4.69) is 48.4 Å². The van der Waals surface area contributed by atoms with Gasteiger partial charge in [-0.25, -0.2) is 4.98 Å². The third-order valence-corrected chi connectivity index (χ3v) is 8.57. The van der Waals surface area contributed by atoms with Gasteiger partial charge in [0.1, 0.15) is 5.82 Å². The van der Waals surface area contributed by atoms with Gasteiger partial charge >= 0.3 is 6.18 Å². The molecule has 194 valence electrons. The smallest absolute Gasteiger partial charge is 0.353 e. The lowest BCUT2D eigenvalue weighted by Gasteiger charge is -2.42. The van der Waals surface area contributed by atoms with E-state index in [-0.39, 0.29) is 17.2 Å². The van der Waals surface area contributed by atoms with E-state index in [0.29, 0.717) is 44.1 Å². The summed E-state index contributed by atoms with van der Waals surface area (Å²) < 4.78 is 39.4. The molecule has 5 rings (SSSR count). The number of halogens is 3. The number of pyridine rings is 1. The van der Waals surface area contributed by atoms with Crippen molar-refractivity contribution in [2.75, 3.05) is 31.1 Å². The van der Waals surface area contributed by atoms with E-state index < -0.39 is 11.7 Å². The van der Waals surface area contributed by atoms with Crippen LogP contribution < -0.4 is 10.2 Å². The number of hydrogen-bond donors (Lipinski definition) is 1. The first kappa shape index (κ1) is 25.1. The molecule has 2 aliphatic carbocycles. The van der Waals surface area contributed by atoms with Gasteiger partial charge in [-0.05, 0) is 61.3 Å². The van der Waals surface area contributed by atoms with Gasteiger partial charge in [0.2, 0.25) is 5.91 Å². The number of amides is 1. The van der Waals surface area contributed by atoms with Gasteiger partial charge in [0, 0.05) is 44.5 Å². The molecule has 1 aromatic heterocycles. The maximum absolute atomic E-state index is 13.9. The maximum Gasteiger partial charge on any atom is 0.416 e. The number of nitrogens with zero attached hydrogens (tertiary/aromatic N) is 3. The molecule has 1 aromatic carbocycles. The third-order valence-electron chi connectivity index (χ3n) is 8.57. The summed E-state index contributed by atoms with van der Waals surface area (Å²) in [6.45, 7) is 6.26. The number of benzene rings is 1. The Kier molecular flexibility index (Phi) is 6.74. The van der Waals surface area contributed by atoms with Gasteiger partial charge in [-0.1, -0.05) is 38.1 Å². The molecule has 1 amide bonds. The van der Waals surface area contributed by atoms with Crippen molar-refractivity contribution >= 4 is 11.7 Å². The van der Waals surface area contributed by atoms with Gasteiger partial charge in [0.15, 0.2) is 0 Å². The van der Waals surface area contributed by atoms with Gasteiger partial charge in [-0.15, -0.1) is 0 Å². The average Bonchev–Trinajstić information content (AvgIpc) is 3.48. The van der Waals surface area contributed by atoms with Gasteiger partial charge in [-0.3, -0.25) is 4.79 Å². The van der Waals surface area contributed by atoms with Crippen LogP contribution in [0, 0.1) is 11.3 Å². The maximum atomic E-state index is 13.9. The fourth-order valence-corrected chi connectivity index (χ4v) is 6.41. The van der Waals surface area contributed by atoms with Crippen molar-refractivity contribution in [2.24, 2.45) is 11.3 Å². The number of alkyl halides is 3. The first-order valence-electron chi connectivity index (χ1n) is 13.1. The molecule has 5 nitrogen and oxygen atoms in total. The molecule has 1 saturated carbocycles. The van der Waals surface area contributed by atoms with Crippen molar-refractivity contribution in [1.82, 2.24) is 15.2 Å². The molecule has 0 bridgehead atoms. The summed E-state index contributed by atoms with van der Waals surface area (Å²) in [5.74, 6) is 0.743. The van der Waals surface area contributed by atoms with E-state index in [9.17, 15) is 18.0 Å². The van der Waals surface area contributed by atoms with E-state index in [4.69, 9.17) is 0 Å². The highest BCUT2D eigenvalue weighted by molar-refractivity contribution is 5.84. The number of anilines is 1. The molecule has 2 heterocycles. The molecule has 0 spiro atoms. The molecule has 36 heavy (non-hydrogen) atoms. The third kappa shape index (κ3) is 4.84. The summed E-state index contributed by atoms with van der Waals surface area (Å²) in [5, 5.41) is 3.86. The van der Waals surface area contributed by atoms with Crippen LogP contribution in [0.15, 0.2) is 42.6 Å². The molecule has 0 radical (unpaired) electrons. The van der Waals surface area contributed by atoms with Crippen LogP contribution in [-0.4, -0.2) is 54.1 Å². The predicted octanol–water partition coefficient (Wildman–Crippen LogP) is 4.70. The number of rotatable bonds is 5. The number of fused-ring (bicyclic) bond motifs is 1. The SMILES string of the molecule is CC(C)[C@]1(C(=O)N2CCN(c3cc(C(F)(F)F)ccn3)CC2)CC[C@@H](NC2Cc3ccccc3C2)C1. The van der Waals surface area contributed by atoms with Crippen LogP contribution in [0.25, 0.3) is 0 Å². The zero-order valence-corrected chi connectivity index (χ0v) is 21.0. The Balaban J connectivity index is 1.20. The molecule has 1 aliphatic heterocycles. The minimum atomic E-state index is -4.40. The Morgan fingerprint density at radius 1 is 1.06 bits per heavy atom. The van der Waals surface area contributed by atoms with Gasteiger partial charge in [0.05, 0.1) is 11.0 Å². The Hall–Kier alpha value is -2.61. The largest absolute Gasteiger partial charge is 0.416 e. The van der Waals surface area contributed by atoms with E-state index in [1.165, 1.54) is 17.3 Å². The molecular weight excluding hydrogens is 465 g/mol. The highest BCUT2D eigenvalue weighted by Crippen LogP contribution is 2.46. The molecule has 1 saturated heterocycles. The minimum Gasteiger partial charge on any atom is -0.353 e. The lowest BCUT2D eigenvalue weighted by molar-refractivity contribution is -0.145. The van der Waals surface area contributed by atoms with Crippen LogP contribution in [0.2, 0.25) is 0 Å². The first-order chi connectivity index (χ1) is 17.2. The normalized spacial score (nSPS) is 25.0. The summed E-state index contributed by atoms with van der Waals surface area (Å²) in [6.07, 6.45) is 1.60. The Morgan fingerprint density at radius 3 is 2.33 bits per heavy atom. The quantitative estimate of drug-likeness (QED) is 0.647. The van der Waals surface area contributed by atoms with Crippen LogP contribution in [-0.2, 0) is 23.8 Å².